The van der Waals surface area contributed by atoms with Crippen molar-refractivity contribution in [3.05, 3.63) is 34.9 Å². The van der Waals surface area contributed by atoms with Gasteiger partial charge in [0.05, 0.1) is 0 Å². The smallest absolute Gasteiger partial charge is 0.0323 e. The topological polar surface area (TPSA) is 26.0 Å². The summed E-state index contributed by atoms with van der Waals surface area (Å²) in [5.74, 6) is 0.725. The highest BCUT2D eigenvalue weighted by molar-refractivity contribution is 5.36. The summed E-state index contributed by atoms with van der Waals surface area (Å²) in [7, 11) is 0. The lowest BCUT2D eigenvalue weighted by molar-refractivity contribution is 0.308. The minimum absolute atomic E-state index is 0.279. The van der Waals surface area contributed by atoms with Gasteiger partial charge in [0.25, 0.3) is 0 Å². The molecular weight excluding hydrogens is 206 g/mol. The van der Waals surface area contributed by atoms with E-state index in [4.69, 9.17) is 5.73 Å². The maximum atomic E-state index is 6.46. The molecule has 1 fully saturated rings. The summed E-state index contributed by atoms with van der Waals surface area (Å²) in [5, 5.41) is 0. The van der Waals surface area contributed by atoms with Crippen LogP contribution in [0.5, 0.6) is 0 Å². The Morgan fingerprint density at radius 2 is 1.71 bits per heavy atom. The maximum Gasteiger partial charge on any atom is 0.0323 e. The number of fused-ring (bicyclic) bond motifs is 1. The highest BCUT2D eigenvalue weighted by Crippen LogP contribution is 2.34. The molecule has 1 aromatic rings. The number of rotatable bonds is 2. The summed E-state index contributed by atoms with van der Waals surface area (Å²) in [6.07, 6.45) is 10.7. The average Bonchev–Trinajstić information content (AvgIpc) is 2.86. The molecular formula is C16H23N. The van der Waals surface area contributed by atoms with Crippen LogP contribution in [0.25, 0.3) is 0 Å². The largest absolute Gasteiger partial charge is 0.324 e. The zero-order valence-corrected chi connectivity index (χ0v) is 10.6. The van der Waals surface area contributed by atoms with Gasteiger partial charge in [-0.3, -0.25) is 0 Å². The zero-order valence-electron chi connectivity index (χ0n) is 10.6. The van der Waals surface area contributed by atoms with Crippen LogP contribution >= 0.6 is 0 Å². The van der Waals surface area contributed by atoms with Crippen molar-refractivity contribution in [2.45, 2.75) is 57.4 Å². The van der Waals surface area contributed by atoms with Crippen molar-refractivity contribution in [2.75, 3.05) is 0 Å². The monoisotopic (exact) mass is 229 g/mol. The molecule has 2 aliphatic carbocycles. The Labute approximate surface area is 104 Å². The highest BCUT2D eigenvalue weighted by Gasteiger charge is 2.22. The zero-order chi connectivity index (χ0) is 11.7. The molecule has 0 bridgehead atoms. The summed E-state index contributed by atoms with van der Waals surface area (Å²) in [6, 6.07) is 7.27. The van der Waals surface area contributed by atoms with Crippen LogP contribution in [0.3, 0.4) is 0 Å². The Kier molecular flexibility index (Phi) is 3.19. The van der Waals surface area contributed by atoms with Crippen LogP contribution in [0.4, 0.5) is 0 Å². The summed E-state index contributed by atoms with van der Waals surface area (Å²) in [5.41, 5.74) is 11.0. The summed E-state index contributed by atoms with van der Waals surface area (Å²) in [6.45, 7) is 0. The van der Waals surface area contributed by atoms with E-state index in [1.54, 1.807) is 11.1 Å². The molecule has 0 spiro atoms. The molecule has 17 heavy (non-hydrogen) atoms. The third-order valence-corrected chi connectivity index (χ3v) is 4.67. The number of benzene rings is 1. The third kappa shape index (κ3) is 2.26. The minimum atomic E-state index is 0.279. The molecule has 0 saturated heterocycles. The average molecular weight is 229 g/mol. The van der Waals surface area contributed by atoms with Gasteiger partial charge in [-0.1, -0.05) is 37.5 Å². The Morgan fingerprint density at radius 1 is 0.941 bits per heavy atom. The number of hydrogen-bond acceptors (Lipinski definition) is 1. The van der Waals surface area contributed by atoms with E-state index in [2.05, 4.69) is 18.2 Å². The fourth-order valence-electron chi connectivity index (χ4n) is 3.56. The first kappa shape index (κ1) is 11.3. The van der Waals surface area contributed by atoms with E-state index in [1.807, 2.05) is 0 Å². The van der Waals surface area contributed by atoms with Crippen LogP contribution in [0.1, 0.15) is 61.3 Å². The molecule has 92 valence electrons. The van der Waals surface area contributed by atoms with Gasteiger partial charge in [-0.2, -0.15) is 0 Å². The third-order valence-electron chi connectivity index (χ3n) is 4.67. The van der Waals surface area contributed by atoms with Crippen molar-refractivity contribution in [1.82, 2.24) is 0 Å². The highest BCUT2D eigenvalue weighted by atomic mass is 14.7. The molecule has 1 atom stereocenters. The van der Waals surface area contributed by atoms with Gasteiger partial charge in [-0.05, 0) is 54.7 Å². The van der Waals surface area contributed by atoms with Gasteiger partial charge in [0, 0.05) is 6.04 Å². The molecule has 1 aromatic carbocycles. The second kappa shape index (κ2) is 4.81. The SMILES string of the molecule is NC(c1ccc2c(c1)CCC2)C1CCCCC1. The fourth-order valence-corrected chi connectivity index (χ4v) is 3.56. The van der Waals surface area contributed by atoms with E-state index in [-0.39, 0.29) is 6.04 Å². The lowest BCUT2D eigenvalue weighted by atomic mass is 9.81. The van der Waals surface area contributed by atoms with Gasteiger partial charge in [0.15, 0.2) is 0 Å². The lowest BCUT2D eigenvalue weighted by Gasteiger charge is -2.28. The molecule has 1 nitrogen and oxygen atoms in total. The van der Waals surface area contributed by atoms with Crippen LogP contribution in [0.2, 0.25) is 0 Å². The summed E-state index contributed by atoms with van der Waals surface area (Å²) < 4.78 is 0. The molecule has 3 rings (SSSR count). The summed E-state index contributed by atoms with van der Waals surface area (Å²) in [4.78, 5) is 0. The van der Waals surface area contributed by atoms with Crippen LogP contribution in [-0.2, 0) is 12.8 Å². The van der Waals surface area contributed by atoms with Crippen molar-refractivity contribution in [1.29, 1.82) is 0 Å². The molecule has 0 amide bonds. The Hall–Kier alpha value is -0.820. The molecule has 2 aliphatic rings. The van der Waals surface area contributed by atoms with E-state index >= 15 is 0 Å². The van der Waals surface area contributed by atoms with Crippen molar-refractivity contribution in [3.63, 3.8) is 0 Å². The van der Waals surface area contributed by atoms with Crippen molar-refractivity contribution in [3.8, 4) is 0 Å². The second-order valence-corrected chi connectivity index (χ2v) is 5.81. The molecule has 0 radical (unpaired) electrons. The van der Waals surface area contributed by atoms with Crippen molar-refractivity contribution in [2.24, 2.45) is 11.7 Å². The van der Waals surface area contributed by atoms with Crippen LogP contribution in [0, 0.1) is 5.92 Å². The Bertz CT molecular complexity index is 391. The molecule has 1 saturated carbocycles. The van der Waals surface area contributed by atoms with Gasteiger partial charge in [0.2, 0.25) is 0 Å². The number of hydrogen-bond donors (Lipinski definition) is 1. The van der Waals surface area contributed by atoms with E-state index in [9.17, 15) is 0 Å². The van der Waals surface area contributed by atoms with Gasteiger partial charge >= 0.3 is 0 Å². The fraction of sp³-hybridized carbons (Fsp3) is 0.625. The molecule has 1 unspecified atom stereocenters. The summed E-state index contributed by atoms with van der Waals surface area (Å²) >= 11 is 0. The molecule has 1 heteroatoms. The van der Waals surface area contributed by atoms with E-state index in [0.29, 0.717) is 0 Å². The predicted molar refractivity (Wildman–Crippen MR) is 72.0 cm³/mol. The van der Waals surface area contributed by atoms with Gasteiger partial charge in [-0.25, -0.2) is 0 Å². The first-order valence-electron chi connectivity index (χ1n) is 7.22. The quantitative estimate of drug-likeness (QED) is 0.821. The van der Waals surface area contributed by atoms with E-state index < -0.39 is 0 Å². The second-order valence-electron chi connectivity index (χ2n) is 5.81. The van der Waals surface area contributed by atoms with Crippen LogP contribution < -0.4 is 5.73 Å². The van der Waals surface area contributed by atoms with Gasteiger partial charge in [0.1, 0.15) is 0 Å². The van der Waals surface area contributed by atoms with Crippen LogP contribution in [0.15, 0.2) is 18.2 Å². The Balaban J connectivity index is 1.78. The first-order chi connectivity index (χ1) is 8.34. The van der Waals surface area contributed by atoms with Crippen LogP contribution in [-0.4, -0.2) is 0 Å². The van der Waals surface area contributed by atoms with Crippen molar-refractivity contribution >= 4 is 0 Å². The standard InChI is InChI=1S/C16H23N/c17-16(13-5-2-1-3-6-13)15-10-9-12-7-4-8-14(12)11-15/h9-11,13,16H,1-8,17H2. The lowest BCUT2D eigenvalue weighted by Crippen LogP contribution is -2.23. The van der Waals surface area contributed by atoms with Crippen molar-refractivity contribution < 1.29 is 0 Å². The van der Waals surface area contributed by atoms with E-state index in [0.717, 1.165) is 5.92 Å². The maximum absolute atomic E-state index is 6.46. The van der Waals surface area contributed by atoms with Gasteiger partial charge in [-0.15, -0.1) is 0 Å². The normalized spacial score (nSPS) is 22.4. The Morgan fingerprint density at radius 3 is 2.53 bits per heavy atom. The molecule has 0 aromatic heterocycles. The number of nitrogens with two attached hydrogens (primary N) is 1. The predicted octanol–water partition coefficient (Wildman–Crippen LogP) is 3.76. The molecule has 0 aliphatic heterocycles. The minimum Gasteiger partial charge on any atom is -0.324 e. The van der Waals surface area contributed by atoms with E-state index in [1.165, 1.54) is 56.9 Å². The molecule has 0 heterocycles. The number of aryl methyl sites for hydroxylation is 2. The molecule has 2 N–H and O–H groups in total. The van der Waals surface area contributed by atoms with Gasteiger partial charge < -0.3 is 5.73 Å². The first-order valence-corrected chi connectivity index (χ1v) is 7.22.